The summed E-state index contributed by atoms with van der Waals surface area (Å²) in [5.41, 5.74) is 2.07. The van der Waals surface area contributed by atoms with Crippen molar-refractivity contribution in [2.75, 3.05) is 0 Å². The van der Waals surface area contributed by atoms with Crippen molar-refractivity contribution in [2.45, 2.75) is 58.3 Å². The standard InChI is InChI=1S/C26H30N2O5/c1-26(2,3)33-24(30)14-13-23(29)28-22(25(31)32-17-18-9-5-4-6-10-18)15-19-16-27-21-12-8-7-11-20(19)21/h4-12,16,22,27H,13-15,17H2,1-3H3,(H,28,29). The van der Waals surface area contributed by atoms with Gasteiger partial charge in [-0.2, -0.15) is 0 Å². The van der Waals surface area contributed by atoms with E-state index < -0.39 is 29.5 Å². The fourth-order valence-corrected chi connectivity index (χ4v) is 3.42. The highest BCUT2D eigenvalue weighted by atomic mass is 16.6. The van der Waals surface area contributed by atoms with Gasteiger partial charge in [-0.05, 0) is 38.0 Å². The maximum absolute atomic E-state index is 12.9. The molecular weight excluding hydrogens is 420 g/mol. The third-order valence-corrected chi connectivity index (χ3v) is 4.92. The zero-order valence-corrected chi connectivity index (χ0v) is 19.2. The Labute approximate surface area is 193 Å². The molecule has 7 heteroatoms. The molecule has 0 bridgehead atoms. The van der Waals surface area contributed by atoms with Crippen molar-refractivity contribution in [3.63, 3.8) is 0 Å². The highest BCUT2D eigenvalue weighted by Crippen LogP contribution is 2.20. The molecule has 0 spiro atoms. The number of hydrogen-bond donors (Lipinski definition) is 2. The van der Waals surface area contributed by atoms with Crippen LogP contribution in [0.1, 0.15) is 44.7 Å². The predicted molar refractivity (Wildman–Crippen MR) is 125 cm³/mol. The first kappa shape index (κ1) is 24.0. The molecule has 0 saturated heterocycles. The summed E-state index contributed by atoms with van der Waals surface area (Å²) in [7, 11) is 0. The van der Waals surface area contributed by atoms with Crippen LogP contribution in [-0.4, -0.2) is 34.5 Å². The molecule has 0 aliphatic heterocycles. The lowest BCUT2D eigenvalue weighted by Gasteiger charge is -2.20. The Morgan fingerprint density at radius 3 is 2.39 bits per heavy atom. The van der Waals surface area contributed by atoms with Gasteiger partial charge in [0.05, 0.1) is 6.42 Å². The van der Waals surface area contributed by atoms with Crippen molar-refractivity contribution in [2.24, 2.45) is 0 Å². The van der Waals surface area contributed by atoms with Crippen LogP contribution in [0.5, 0.6) is 0 Å². The van der Waals surface area contributed by atoms with Gasteiger partial charge in [-0.15, -0.1) is 0 Å². The second-order valence-corrected chi connectivity index (χ2v) is 8.86. The molecule has 0 aliphatic rings. The number of hydrogen-bond acceptors (Lipinski definition) is 5. The number of ether oxygens (including phenoxy) is 2. The maximum atomic E-state index is 12.9. The topological polar surface area (TPSA) is 97.5 Å². The summed E-state index contributed by atoms with van der Waals surface area (Å²) < 4.78 is 10.7. The first-order chi connectivity index (χ1) is 15.7. The van der Waals surface area contributed by atoms with E-state index in [1.54, 1.807) is 20.8 Å². The van der Waals surface area contributed by atoms with Crippen LogP contribution in [0.25, 0.3) is 10.9 Å². The number of fused-ring (bicyclic) bond motifs is 1. The van der Waals surface area contributed by atoms with Gasteiger partial charge >= 0.3 is 11.9 Å². The SMILES string of the molecule is CC(C)(C)OC(=O)CCC(=O)NC(Cc1c[nH]c2ccccc12)C(=O)OCc1ccccc1. The Kier molecular flexibility index (Phi) is 7.87. The van der Waals surface area contributed by atoms with Gasteiger partial charge in [0.2, 0.25) is 5.91 Å². The quantitative estimate of drug-likeness (QED) is 0.479. The molecule has 33 heavy (non-hydrogen) atoms. The van der Waals surface area contributed by atoms with Crippen molar-refractivity contribution in [3.8, 4) is 0 Å². The number of esters is 2. The highest BCUT2D eigenvalue weighted by Gasteiger charge is 2.25. The van der Waals surface area contributed by atoms with E-state index in [1.165, 1.54) is 0 Å². The molecule has 3 rings (SSSR count). The molecular formula is C26H30N2O5. The number of aromatic nitrogens is 1. The van der Waals surface area contributed by atoms with Crippen molar-refractivity contribution >= 4 is 28.7 Å². The molecule has 1 heterocycles. The first-order valence-electron chi connectivity index (χ1n) is 11.0. The third-order valence-electron chi connectivity index (χ3n) is 4.92. The number of nitrogens with one attached hydrogen (secondary N) is 2. The average molecular weight is 451 g/mol. The van der Waals surface area contributed by atoms with E-state index in [1.807, 2.05) is 60.8 Å². The monoisotopic (exact) mass is 450 g/mol. The predicted octanol–water partition coefficient (Wildman–Crippen LogP) is 4.06. The molecule has 1 amide bonds. The number of aromatic amines is 1. The number of rotatable bonds is 9. The number of amides is 1. The van der Waals surface area contributed by atoms with Crippen molar-refractivity contribution in [3.05, 3.63) is 71.9 Å². The van der Waals surface area contributed by atoms with Gasteiger partial charge in [-0.1, -0.05) is 48.5 Å². The molecule has 3 aromatic rings. The number of carbonyl (C=O) groups is 3. The Morgan fingerprint density at radius 1 is 0.970 bits per heavy atom. The van der Waals surface area contributed by atoms with Gasteiger partial charge in [-0.25, -0.2) is 4.79 Å². The minimum Gasteiger partial charge on any atom is -0.460 e. The summed E-state index contributed by atoms with van der Waals surface area (Å²) in [6.45, 7) is 5.42. The fourth-order valence-electron chi connectivity index (χ4n) is 3.42. The van der Waals surface area contributed by atoms with E-state index in [0.29, 0.717) is 0 Å². The van der Waals surface area contributed by atoms with Gasteiger partial charge in [0.15, 0.2) is 0 Å². The third kappa shape index (κ3) is 7.49. The largest absolute Gasteiger partial charge is 0.460 e. The Morgan fingerprint density at radius 2 is 1.67 bits per heavy atom. The molecule has 2 N–H and O–H groups in total. The molecule has 1 atom stereocenters. The van der Waals surface area contributed by atoms with Crippen molar-refractivity contribution in [1.29, 1.82) is 0 Å². The Balaban J connectivity index is 1.67. The van der Waals surface area contributed by atoms with Crippen LogP contribution in [0.15, 0.2) is 60.8 Å². The highest BCUT2D eigenvalue weighted by molar-refractivity contribution is 5.88. The second-order valence-electron chi connectivity index (χ2n) is 8.86. The average Bonchev–Trinajstić information content (AvgIpc) is 3.18. The second kappa shape index (κ2) is 10.8. The minimum absolute atomic E-state index is 0.0675. The molecule has 7 nitrogen and oxygen atoms in total. The van der Waals surface area contributed by atoms with E-state index in [0.717, 1.165) is 22.0 Å². The number of benzene rings is 2. The lowest BCUT2D eigenvalue weighted by molar-refractivity contribution is -0.155. The zero-order chi connectivity index (χ0) is 23.8. The van der Waals surface area contributed by atoms with Gasteiger partial charge in [0, 0.05) is 29.9 Å². The summed E-state index contributed by atoms with van der Waals surface area (Å²) in [4.78, 5) is 40.6. The summed E-state index contributed by atoms with van der Waals surface area (Å²) in [5, 5.41) is 3.71. The first-order valence-corrected chi connectivity index (χ1v) is 11.0. The lowest BCUT2D eigenvalue weighted by Crippen LogP contribution is -2.43. The van der Waals surface area contributed by atoms with Crippen LogP contribution in [0, 0.1) is 0 Å². The summed E-state index contributed by atoms with van der Waals surface area (Å²) in [6, 6.07) is 16.2. The van der Waals surface area contributed by atoms with E-state index in [4.69, 9.17) is 9.47 Å². The smallest absolute Gasteiger partial charge is 0.329 e. The van der Waals surface area contributed by atoms with Gasteiger partial charge in [0.25, 0.3) is 0 Å². The van der Waals surface area contributed by atoms with Crippen LogP contribution < -0.4 is 5.32 Å². The molecule has 1 aromatic heterocycles. The van der Waals surface area contributed by atoms with E-state index in [-0.39, 0.29) is 25.9 Å². The van der Waals surface area contributed by atoms with Gasteiger partial charge in [-0.3, -0.25) is 9.59 Å². The van der Waals surface area contributed by atoms with Crippen LogP contribution in [0.3, 0.4) is 0 Å². The van der Waals surface area contributed by atoms with E-state index in [2.05, 4.69) is 10.3 Å². The summed E-state index contributed by atoms with van der Waals surface area (Å²) >= 11 is 0. The summed E-state index contributed by atoms with van der Waals surface area (Å²) in [5.74, 6) is -1.41. The Bertz CT molecular complexity index is 1100. The molecule has 2 aromatic carbocycles. The van der Waals surface area contributed by atoms with Crippen LogP contribution in [0.4, 0.5) is 0 Å². The van der Waals surface area contributed by atoms with Gasteiger partial charge in [0.1, 0.15) is 18.2 Å². The van der Waals surface area contributed by atoms with Crippen LogP contribution in [0.2, 0.25) is 0 Å². The molecule has 174 valence electrons. The molecule has 0 saturated carbocycles. The molecule has 0 fully saturated rings. The Hall–Kier alpha value is -3.61. The zero-order valence-electron chi connectivity index (χ0n) is 19.2. The number of H-pyrrole nitrogens is 1. The van der Waals surface area contributed by atoms with Crippen LogP contribution >= 0.6 is 0 Å². The fraction of sp³-hybridized carbons (Fsp3) is 0.346. The molecule has 0 radical (unpaired) electrons. The molecule has 0 aliphatic carbocycles. The van der Waals surface area contributed by atoms with Crippen molar-refractivity contribution < 1.29 is 23.9 Å². The maximum Gasteiger partial charge on any atom is 0.329 e. The van der Waals surface area contributed by atoms with E-state index in [9.17, 15) is 14.4 Å². The summed E-state index contributed by atoms with van der Waals surface area (Å²) in [6.07, 6.45) is 1.94. The van der Waals surface area contributed by atoms with Gasteiger partial charge < -0.3 is 19.8 Å². The van der Waals surface area contributed by atoms with E-state index >= 15 is 0 Å². The van der Waals surface area contributed by atoms with Crippen LogP contribution in [-0.2, 0) is 36.9 Å². The normalized spacial score (nSPS) is 12.2. The number of carbonyl (C=O) groups excluding carboxylic acids is 3. The molecule has 1 unspecified atom stereocenters. The van der Waals surface area contributed by atoms with Crippen molar-refractivity contribution in [1.82, 2.24) is 10.3 Å². The lowest BCUT2D eigenvalue weighted by atomic mass is 10.0. The number of para-hydroxylation sites is 1. The minimum atomic E-state index is -0.890.